The molecule has 0 atom stereocenters. The van der Waals surface area contributed by atoms with E-state index in [9.17, 15) is 0 Å². The summed E-state index contributed by atoms with van der Waals surface area (Å²) in [5.74, 6) is 0. The van der Waals surface area contributed by atoms with E-state index in [0.717, 1.165) is 33.4 Å². The minimum Gasteiger partial charge on any atom is -0.296 e. The largest absolute Gasteiger partial charge is 0.296 e. The summed E-state index contributed by atoms with van der Waals surface area (Å²) in [6.45, 7) is 7.51. The summed E-state index contributed by atoms with van der Waals surface area (Å²) in [6.07, 6.45) is 5.35. The molecule has 20 heavy (non-hydrogen) atoms. The third-order valence-corrected chi connectivity index (χ3v) is 3.51. The molecule has 0 N–H and O–H groups in total. The second-order valence-corrected chi connectivity index (χ2v) is 5.06. The van der Waals surface area contributed by atoms with Crippen LogP contribution in [-0.4, -0.2) is 21.1 Å². The van der Waals surface area contributed by atoms with Crippen LogP contribution >= 0.6 is 11.6 Å². The highest BCUT2D eigenvalue weighted by molar-refractivity contribution is 6.30. The van der Waals surface area contributed by atoms with Crippen LogP contribution in [0, 0.1) is 6.92 Å². The van der Waals surface area contributed by atoms with E-state index in [-0.39, 0.29) is 0 Å². The van der Waals surface area contributed by atoms with E-state index in [1.165, 1.54) is 0 Å². The third kappa shape index (κ3) is 1.89. The average Bonchev–Trinajstić information content (AvgIpc) is 2.81. The normalized spacial score (nSPS) is 12.2. The Morgan fingerprint density at radius 3 is 2.90 bits per heavy atom. The first kappa shape index (κ1) is 12.8. The van der Waals surface area contributed by atoms with Crippen molar-refractivity contribution in [3.8, 4) is 0 Å². The zero-order chi connectivity index (χ0) is 14.3. The first-order valence-corrected chi connectivity index (χ1v) is 6.55. The van der Waals surface area contributed by atoms with Crippen LogP contribution in [0.2, 0.25) is 5.15 Å². The molecular weight excluding hydrogens is 272 g/mol. The number of hydrogen-bond acceptors (Lipinski definition) is 3. The lowest BCUT2D eigenvalue weighted by atomic mass is 10.1. The SMILES string of the molecule is C=N/C=C(\C)c1cc2cnc(Cl)cc2n2c(C)cnc12. The number of pyridine rings is 2. The van der Waals surface area contributed by atoms with Gasteiger partial charge in [-0.2, -0.15) is 0 Å². The third-order valence-electron chi connectivity index (χ3n) is 3.31. The molecule has 0 unspecified atom stereocenters. The van der Waals surface area contributed by atoms with Gasteiger partial charge in [-0.3, -0.25) is 9.39 Å². The molecule has 3 rings (SSSR count). The van der Waals surface area contributed by atoms with Gasteiger partial charge >= 0.3 is 0 Å². The van der Waals surface area contributed by atoms with E-state index in [2.05, 4.69) is 32.1 Å². The maximum absolute atomic E-state index is 6.01. The van der Waals surface area contributed by atoms with Crippen LogP contribution in [0.1, 0.15) is 18.2 Å². The molecule has 3 aromatic rings. The smallest absolute Gasteiger partial charge is 0.145 e. The fraction of sp³-hybridized carbons (Fsp3) is 0.133. The zero-order valence-electron chi connectivity index (χ0n) is 11.3. The van der Waals surface area contributed by atoms with Gasteiger partial charge in [0.05, 0.1) is 5.52 Å². The Morgan fingerprint density at radius 2 is 2.15 bits per heavy atom. The Hall–Kier alpha value is -2.20. The molecule has 0 aliphatic rings. The van der Waals surface area contributed by atoms with Crippen molar-refractivity contribution in [3.05, 3.63) is 47.1 Å². The van der Waals surface area contributed by atoms with Crippen molar-refractivity contribution in [1.82, 2.24) is 14.4 Å². The Morgan fingerprint density at radius 1 is 1.35 bits per heavy atom. The summed E-state index contributed by atoms with van der Waals surface area (Å²) in [4.78, 5) is 12.5. The lowest BCUT2D eigenvalue weighted by Crippen LogP contribution is -1.96. The zero-order valence-corrected chi connectivity index (χ0v) is 12.0. The summed E-state index contributed by atoms with van der Waals surface area (Å²) in [5.41, 5.74) is 4.95. The molecule has 0 bridgehead atoms. The summed E-state index contributed by atoms with van der Waals surface area (Å²) in [6, 6.07) is 3.91. The fourth-order valence-electron chi connectivity index (χ4n) is 2.38. The molecule has 0 radical (unpaired) electrons. The quantitative estimate of drug-likeness (QED) is 0.529. The lowest BCUT2D eigenvalue weighted by Gasteiger charge is -2.09. The number of rotatable bonds is 2. The Balaban J connectivity index is 2.50. The number of aliphatic imine (C=N–C) groups is 1. The highest BCUT2D eigenvalue weighted by atomic mass is 35.5. The first-order chi connectivity index (χ1) is 9.61. The van der Waals surface area contributed by atoms with Crippen molar-refractivity contribution in [2.24, 2.45) is 4.99 Å². The van der Waals surface area contributed by atoms with Gasteiger partial charge in [0.1, 0.15) is 10.8 Å². The summed E-state index contributed by atoms with van der Waals surface area (Å²) in [5, 5.41) is 1.48. The maximum Gasteiger partial charge on any atom is 0.145 e. The molecule has 0 aliphatic carbocycles. The number of aromatic nitrogens is 3. The van der Waals surface area contributed by atoms with E-state index in [4.69, 9.17) is 11.6 Å². The first-order valence-electron chi connectivity index (χ1n) is 6.17. The molecule has 100 valence electrons. The van der Waals surface area contributed by atoms with Crippen molar-refractivity contribution in [2.75, 3.05) is 0 Å². The minimum atomic E-state index is 0.472. The topological polar surface area (TPSA) is 42.5 Å². The number of fused-ring (bicyclic) bond motifs is 3. The highest BCUT2D eigenvalue weighted by Gasteiger charge is 2.12. The van der Waals surface area contributed by atoms with E-state index < -0.39 is 0 Å². The molecule has 0 saturated heterocycles. The second-order valence-electron chi connectivity index (χ2n) is 4.68. The molecular formula is C15H13ClN4. The van der Waals surface area contributed by atoms with Crippen LogP contribution in [0.15, 0.2) is 35.7 Å². The number of halogens is 1. The minimum absolute atomic E-state index is 0.472. The van der Waals surface area contributed by atoms with Gasteiger partial charge < -0.3 is 0 Å². The number of nitrogens with zero attached hydrogens (tertiary/aromatic N) is 4. The Labute approximate surface area is 121 Å². The Bertz CT molecular complexity index is 861. The molecule has 0 fully saturated rings. The van der Waals surface area contributed by atoms with E-state index in [1.807, 2.05) is 26.1 Å². The molecule has 0 spiro atoms. The summed E-state index contributed by atoms with van der Waals surface area (Å²) < 4.78 is 2.08. The van der Waals surface area contributed by atoms with Gasteiger partial charge in [-0.15, -0.1) is 0 Å². The van der Waals surface area contributed by atoms with Crippen LogP contribution in [0.5, 0.6) is 0 Å². The van der Waals surface area contributed by atoms with Gasteiger partial charge in [-0.25, -0.2) is 9.97 Å². The fourth-order valence-corrected chi connectivity index (χ4v) is 2.54. The van der Waals surface area contributed by atoms with Crippen molar-refractivity contribution in [2.45, 2.75) is 13.8 Å². The van der Waals surface area contributed by atoms with E-state index >= 15 is 0 Å². The van der Waals surface area contributed by atoms with Crippen LogP contribution in [-0.2, 0) is 0 Å². The predicted molar refractivity (Wildman–Crippen MR) is 83.4 cm³/mol. The molecule has 3 aromatic heterocycles. The van der Waals surface area contributed by atoms with Crippen LogP contribution in [0.4, 0.5) is 0 Å². The maximum atomic E-state index is 6.01. The van der Waals surface area contributed by atoms with Gasteiger partial charge in [-0.05, 0) is 32.2 Å². The van der Waals surface area contributed by atoms with Crippen molar-refractivity contribution < 1.29 is 0 Å². The molecule has 0 aromatic carbocycles. The van der Waals surface area contributed by atoms with E-state index in [0.29, 0.717) is 5.15 Å². The number of allylic oxidation sites excluding steroid dienone is 1. The summed E-state index contributed by atoms with van der Waals surface area (Å²) >= 11 is 6.01. The van der Waals surface area contributed by atoms with Gasteiger partial charge in [0.15, 0.2) is 0 Å². The number of hydrogen-bond donors (Lipinski definition) is 0. The van der Waals surface area contributed by atoms with Gasteiger partial charge in [0.2, 0.25) is 0 Å². The molecule has 4 nitrogen and oxygen atoms in total. The molecule has 3 heterocycles. The van der Waals surface area contributed by atoms with Crippen LogP contribution in [0.25, 0.3) is 22.1 Å². The van der Waals surface area contributed by atoms with Crippen molar-refractivity contribution in [1.29, 1.82) is 0 Å². The molecule has 0 aliphatic heterocycles. The van der Waals surface area contributed by atoms with Gasteiger partial charge in [0, 0.05) is 41.3 Å². The Kier molecular flexibility index (Phi) is 3.03. The van der Waals surface area contributed by atoms with Gasteiger partial charge in [-0.1, -0.05) is 11.6 Å². The second kappa shape index (κ2) is 4.72. The van der Waals surface area contributed by atoms with Crippen molar-refractivity contribution >= 4 is 40.4 Å². The standard InChI is InChI=1S/C15H13ClN4/c1-9(6-17-3)12-4-11-8-18-14(16)5-13(11)20-10(2)7-19-15(12)20/h4-8H,3H2,1-2H3/b9-6+. The number of imidazole rings is 1. The predicted octanol–water partition coefficient (Wildman–Crippen LogP) is 3.91. The lowest BCUT2D eigenvalue weighted by molar-refractivity contribution is 1.15. The van der Waals surface area contributed by atoms with Gasteiger partial charge in [0.25, 0.3) is 0 Å². The van der Waals surface area contributed by atoms with E-state index in [1.54, 1.807) is 12.4 Å². The molecule has 0 saturated carbocycles. The van der Waals surface area contributed by atoms with Crippen LogP contribution < -0.4 is 0 Å². The highest BCUT2D eigenvalue weighted by Crippen LogP contribution is 2.27. The average molecular weight is 285 g/mol. The van der Waals surface area contributed by atoms with Crippen LogP contribution in [0.3, 0.4) is 0 Å². The van der Waals surface area contributed by atoms with Crippen molar-refractivity contribution in [3.63, 3.8) is 0 Å². The summed E-state index contributed by atoms with van der Waals surface area (Å²) in [7, 11) is 0. The molecule has 5 heteroatoms. The monoisotopic (exact) mass is 284 g/mol. The molecule has 0 amide bonds. The number of aryl methyl sites for hydroxylation is 1.